The van der Waals surface area contributed by atoms with Gasteiger partial charge in [-0.05, 0) is 25.7 Å². The standard InChI is InChI=1S/C24H34N2O6/c1-2-3-6-12-25-13-8-11-24-19(21(28)26(14-9-15-27)20(24)22(25)29)18-17(32-24)10-5-4-7-16-31-23(18)30/h5,8,10-11,17-20,27H,2-4,6-7,9,12-16H2,1H3/b10-5-/t17-,18+,19-,20?,24-/m0/s1. The molecule has 5 atom stereocenters. The lowest BCUT2D eigenvalue weighted by Crippen LogP contribution is -2.55. The van der Waals surface area contributed by atoms with Crippen molar-refractivity contribution in [3.05, 3.63) is 24.3 Å². The van der Waals surface area contributed by atoms with E-state index in [0.29, 0.717) is 26.1 Å². The number of fused-ring (bicyclic) bond motifs is 2. The lowest BCUT2D eigenvalue weighted by atomic mass is 9.78. The molecular weight excluding hydrogens is 412 g/mol. The first-order chi connectivity index (χ1) is 15.5. The van der Waals surface area contributed by atoms with Crippen LogP contribution in [0.1, 0.15) is 45.4 Å². The van der Waals surface area contributed by atoms with Crippen LogP contribution in [-0.4, -0.2) is 83.3 Å². The predicted molar refractivity (Wildman–Crippen MR) is 116 cm³/mol. The number of ether oxygens (including phenoxy) is 2. The highest BCUT2D eigenvalue weighted by Crippen LogP contribution is 2.53. The summed E-state index contributed by atoms with van der Waals surface area (Å²) in [4.78, 5) is 43.8. The number of amides is 2. The molecule has 1 spiro atoms. The van der Waals surface area contributed by atoms with E-state index in [0.717, 1.165) is 32.1 Å². The first-order valence-electron chi connectivity index (χ1n) is 11.9. The van der Waals surface area contributed by atoms with Gasteiger partial charge in [0.2, 0.25) is 11.8 Å². The van der Waals surface area contributed by atoms with Crippen molar-refractivity contribution < 1.29 is 29.0 Å². The van der Waals surface area contributed by atoms with Crippen LogP contribution in [0.25, 0.3) is 0 Å². The van der Waals surface area contributed by atoms with Gasteiger partial charge in [-0.15, -0.1) is 0 Å². The largest absolute Gasteiger partial charge is 0.465 e. The van der Waals surface area contributed by atoms with Crippen LogP contribution < -0.4 is 0 Å². The molecule has 0 saturated carbocycles. The van der Waals surface area contributed by atoms with Crippen LogP contribution in [0.3, 0.4) is 0 Å². The molecule has 0 bridgehead atoms. The molecule has 8 nitrogen and oxygen atoms in total. The van der Waals surface area contributed by atoms with Gasteiger partial charge >= 0.3 is 5.97 Å². The Kier molecular flexibility index (Phi) is 7.00. The Morgan fingerprint density at radius 1 is 1.12 bits per heavy atom. The normalized spacial score (nSPS) is 35.4. The maximum atomic E-state index is 13.8. The highest BCUT2D eigenvalue weighted by molar-refractivity contribution is 5.99. The van der Waals surface area contributed by atoms with Crippen molar-refractivity contribution in [3.63, 3.8) is 0 Å². The molecule has 1 unspecified atom stereocenters. The van der Waals surface area contributed by atoms with Gasteiger partial charge in [0.1, 0.15) is 17.6 Å². The second-order valence-electron chi connectivity index (χ2n) is 9.08. The Morgan fingerprint density at radius 2 is 1.97 bits per heavy atom. The van der Waals surface area contributed by atoms with E-state index in [2.05, 4.69) is 6.92 Å². The molecule has 1 N–H and O–H groups in total. The topological polar surface area (TPSA) is 96.4 Å². The second kappa shape index (κ2) is 9.75. The number of carbonyl (C=O) groups excluding carboxylic acids is 3. The van der Waals surface area contributed by atoms with Gasteiger partial charge in [-0.2, -0.15) is 0 Å². The van der Waals surface area contributed by atoms with Crippen LogP contribution in [0, 0.1) is 11.8 Å². The van der Waals surface area contributed by atoms with Crippen LogP contribution in [0.15, 0.2) is 24.3 Å². The number of hydrogen-bond donors (Lipinski definition) is 1. The number of esters is 1. The van der Waals surface area contributed by atoms with Gasteiger partial charge in [0.05, 0.1) is 18.6 Å². The molecule has 0 aromatic rings. The zero-order valence-electron chi connectivity index (χ0n) is 18.8. The summed E-state index contributed by atoms with van der Waals surface area (Å²) in [7, 11) is 0. The third-order valence-corrected chi connectivity index (χ3v) is 7.02. The zero-order valence-corrected chi connectivity index (χ0v) is 18.8. The van der Waals surface area contributed by atoms with E-state index < -0.39 is 35.6 Å². The Labute approximate surface area is 189 Å². The molecule has 2 saturated heterocycles. The van der Waals surface area contributed by atoms with Crippen molar-refractivity contribution in [3.8, 4) is 0 Å². The van der Waals surface area contributed by atoms with Gasteiger partial charge < -0.3 is 24.4 Å². The fourth-order valence-electron chi connectivity index (χ4n) is 5.53. The van der Waals surface area contributed by atoms with Crippen LogP contribution in [0.5, 0.6) is 0 Å². The Balaban J connectivity index is 1.73. The van der Waals surface area contributed by atoms with Crippen molar-refractivity contribution in [2.75, 3.05) is 32.8 Å². The van der Waals surface area contributed by atoms with Gasteiger partial charge in [-0.25, -0.2) is 0 Å². The van der Waals surface area contributed by atoms with Gasteiger partial charge in [-0.3, -0.25) is 14.4 Å². The Morgan fingerprint density at radius 3 is 2.75 bits per heavy atom. The number of nitrogens with zero attached hydrogens (tertiary/aromatic N) is 2. The molecule has 4 aliphatic rings. The van der Waals surface area contributed by atoms with Crippen LogP contribution in [-0.2, 0) is 23.9 Å². The summed E-state index contributed by atoms with van der Waals surface area (Å²) in [5, 5.41) is 9.39. The summed E-state index contributed by atoms with van der Waals surface area (Å²) in [6, 6.07) is -0.844. The first-order valence-corrected chi connectivity index (χ1v) is 11.9. The van der Waals surface area contributed by atoms with Crippen molar-refractivity contribution in [1.82, 2.24) is 9.80 Å². The highest BCUT2D eigenvalue weighted by atomic mass is 16.6. The summed E-state index contributed by atoms with van der Waals surface area (Å²) in [5.41, 5.74) is -1.21. The molecule has 176 valence electrons. The summed E-state index contributed by atoms with van der Waals surface area (Å²) < 4.78 is 12.0. The van der Waals surface area contributed by atoms with E-state index in [1.807, 2.05) is 24.3 Å². The average Bonchev–Trinajstić information content (AvgIpc) is 3.19. The number of aliphatic hydroxyl groups is 1. The number of likely N-dealkylation sites (tertiary alicyclic amines) is 1. The molecule has 0 aromatic carbocycles. The molecule has 8 heteroatoms. The van der Waals surface area contributed by atoms with Gasteiger partial charge in [0.25, 0.3) is 0 Å². The maximum absolute atomic E-state index is 13.8. The molecule has 2 fully saturated rings. The minimum absolute atomic E-state index is 0.0872. The zero-order chi connectivity index (χ0) is 22.7. The quantitative estimate of drug-likeness (QED) is 0.361. The van der Waals surface area contributed by atoms with Crippen LogP contribution in [0.4, 0.5) is 0 Å². The average molecular weight is 447 g/mol. The molecule has 4 aliphatic heterocycles. The van der Waals surface area contributed by atoms with E-state index in [9.17, 15) is 19.5 Å². The molecule has 32 heavy (non-hydrogen) atoms. The molecular formula is C24H34N2O6. The number of rotatable bonds is 7. The fraction of sp³-hybridized carbons (Fsp3) is 0.708. The van der Waals surface area contributed by atoms with Crippen molar-refractivity contribution in [2.45, 2.75) is 63.2 Å². The number of aliphatic hydroxyl groups excluding tert-OH is 1. The van der Waals surface area contributed by atoms with Gasteiger partial charge in [0, 0.05) is 26.2 Å². The molecule has 2 amide bonds. The van der Waals surface area contributed by atoms with Crippen molar-refractivity contribution in [2.24, 2.45) is 11.8 Å². The molecule has 0 aromatic heterocycles. The smallest absolute Gasteiger partial charge is 0.312 e. The monoisotopic (exact) mass is 446 g/mol. The third-order valence-electron chi connectivity index (χ3n) is 7.02. The number of allylic oxidation sites excluding steroid dienone is 1. The van der Waals surface area contributed by atoms with E-state index in [1.165, 1.54) is 4.90 Å². The Bertz CT molecular complexity index is 795. The number of carbonyl (C=O) groups is 3. The van der Waals surface area contributed by atoms with Gasteiger partial charge in [-0.1, -0.05) is 44.1 Å². The molecule has 0 aliphatic carbocycles. The van der Waals surface area contributed by atoms with Crippen molar-refractivity contribution >= 4 is 17.8 Å². The second-order valence-corrected chi connectivity index (χ2v) is 9.08. The van der Waals surface area contributed by atoms with E-state index in [-0.39, 0.29) is 25.0 Å². The van der Waals surface area contributed by atoms with Gasteiger partial charge in [0.15, 0.2) is 0 Å². The minimum Gasteiger partial charge on any atom is -0.465 e. The lowest BCUT2D eigenvalue weighted by Gasteiger charge is -2.35. The predicted octanol–water partition coefficient (Wildman–Crippen LogP) is 1.43. The Hall–Kier alpha value is -2.19. The SMILES string of the molecule is CCCCCN1CC=C[C@]23O[C@H]4/C=C\CCCOC(=O)[C@H]4[C@H]2C(=O)N(CCCO)C3C1=O. The first kappa shape index (κ1) is 23.0. The summed E-state index contributed by atoms with van der Waals surface area (Å²) in [6.07, 6.45) is 11.8. The molecule has 0 radical (unpaired) electrons. The van der Waals surface area contributed by atoms with Crippen molar-refractivity contribution in [1.29, 1.82) is 0 Å². The molecule has 4 rings (SSSR count). The molecule has 4 heterocycles. The highest BCUT2D eigenvalue weighted by Gasteiger charge is 2.71. The van der Waals surface area contributed by atoms with E-state index >= 15 is 0 Å². The van der Waals surface area contributed by atoms with Crippen LogP contribution in [0.2, 0.25) is 0 Å². The van der Waals surface area contributed by atoms with E-state index in [4.69, 9.17) is 9.47 Å². The summed E-state index contributed by atoms with van der Waals surface area (Å²) in [6.45, 7) is 3.64. The summed E-state index contributed by atoms with van der Waals surface area (Å²) >= 11 is 0. The number of cyclic esters (lactones) is 1. The maximum Gasteiger partial charge on any atom is 0.312 e. The number of unbranched alkanes of at least 4 members (excludes halogenated alkanes) is 2. The summed E-state index contributed by atoms with van der Waals surface area (Å²) in [5.74, 6) is -2.47. The van der Waals surface area contributed by atoms with E-state index in [1.54, 1.807) is 4.90 Å². The minimum atomic E-state index is -1.21. The van der Waals surface area contributed by atoms with Crippen LogP contribution >= 0.6 is 0 Å². The number of hydrogen-bond acceptors (Lipinski definition) is 6. The third kappa shape index (κ3) is 3.88. The fourth-order valence-corrected chi connectivity index (χ4v) is 5.53. The lowest BCUT2D eigenvalue weighted by molar-refractivity contribution is -0.154.